The lowest BCUT2D eigenvalue weighted by Gasteiger charge is -2.12. The molecule has 15 heavy (non-hydrogen) atoms. The van der Waals surface area contributed by atoms with Gasteiger partial charge in [0.1, 0.15) is 6.04 Å². The van der Waals surface area contributed by atoms with Crippen molar-refractivity contribution in [2.75, 3.05) is 13.2 Å². The number of ether oxygens (including phenoxy) is 1. The summed E-state index contributed by atoms with van der Waals surface area (Å²) in [6.07, 6.45) is 1.86. The first-order chi connectivity index (χ1) is 7.11. The Morgan fingerprint density at radius 1 is 1.47 bits per heavy atom. The number of nitrogens with one attached hydrogen (secondary N) is 1. The van der Waals surface area contributed by atoms with E-state index in [1.165, 1.54) is 0 Å². The molecule has 0 saturated heterocycles. The zero-order valence-electron chi connectivity index (χ0n) is 9.54. The summed E-state index contributed by atoms with van der Waals surface area (Å²) in [4.78, 5) is 11.1. The first kappa shape index (κ1) is 14.6. The summed E-state index contributed by atoms with van der Waals surface area (Å²) in [5, 5.41) is 2.57. The molecule has 0 aliphatic heterocycles. The van der Waals surface area contributed by atoms with E-state index in [2.05, 4.69) is 5.09 Å². The van der Waals surface area contributed by atoms with Crippen molar-refractivity contribution in [1.29, 1.82) is 0 Å². The van der Waals surface area contributed by atoms with Gasteiger partial charge in [0.15, 0.2) is 0 Å². The number of carbonyl (C=O) groups excluding carboxylic acids is 1. The van der Waals surface area contributed by atoms with Crippen molar-refractivity contribution in [3.8, 4) is 0 Å². The van der Waals surface area contributed by atoms with E-state index in [0.717, 1.165) is 12.8 Å². The molecule has 0 radical (unpaired) electrons. The summed E-state index contributed by atoms with van der Waals surface area (Å²) in [5.41, 5.74) is 0. The van der Waals surface area contributed by atoms with Gasteiger partial charge in [0.2, 0.25) is 0 Å². The molecule has 0 saturated carbocycles. The summed E-state index contributed by atoms with van der Waals surface area (Å²) in [6, 6.07) is -0.585. The minimum atomic E-state index is -2.32. The zero-order valence-corrected chi connectivity index (χ0v) is 10.5. The van der Waals surface area contributed by atoms with Crippen LogP contribution in [0.25, 0.3) is 0 Å². The molecule has 0 bridgehead atoms. The summed E-state index contributed by atoms with van der Waals surface area (Å²) in [5.74, 6) is -0.407. The number of unbranched alkanes of at least 4 members (excludes halogenated alkanes) is 1. The second kappa shape index (κ2) is 8.89. The maximum absolute atomic E-state index is 11.3. The van der Waals surface area contributed by atoms with Crippen molar-refractivity contribution >= 4 is 14.1 Å². The first-order valence-corrected chi connectivity index (χ1v) is 6.53. The highest BCUT2D eigenvalue weighted by atomic mass is 31.1. The van der Waals surface area contributed by atoms with Crippen LogP contribution in [-0.2, 0) is 18.6 Å². The van der Waals surface area contributed by atoms with Gasteiger partial charge in [-0.1, -0.05) is 13.3 Å². The fourth-order valence-electron chi connectivity index (χ4n) is 0.854. The topological polar surface area (TPSA) is 64.6 Å². The number of hydrogen-bond donors (Lipinski definition) is 1. The molecular weight excluding hydrogens is 217 g/mol. The van der Waals surface area contributed by atoms with Gasteiger partial charge in [-0.3, -0.25) is 9.36 Å². The van der Waals surface area contributed by atoms with Crippen LogP contribution in [0.4, 0.5) is 0 Å². The predicted octanol–water partition coefficient (Wildman–Crippen LogP) is 1.73. The maximum atomic E-state index is 11.3. The summed E-state index contributed by atoms with van der Waals surface area (Å²) in [6.45, 7) is 6.13. The van der Waals surface area contributed by atoms with E-state index >= 15 is 0 Å². The highest BCUT2D eigenvalue weighted by molar-refractivity contribution is 7.36. The Kier molecular flexibility index (Phi) is 8.67. The standard InChI is InChI=1S/C9H20NO4P/c1-4-6-7-14-15(12)10-8(3)9(11)13-5-2/h8,15H,4-7H2,1-3H3,(H,10,12). The molecule has 0 aliphatic rings. The Morgan fingerprint density at radius 3 is 2.67 bits per heavy atom. The SMILES string of the molecule is CCCCO[PH](=O)NC(C)C(=O)OCC. The minimum Gasteiger partial charge on any atom is -0.465 e. The number of esters is 1. The Morgan fingerprint density at radius 2 is 2.13 bits per heavy atom. The summed E-state index contributed by atoms with van der Waals surface area (Å²) in [7, 11) is -2.32. The molecule has 2 unspecified atom stereocenters. The Hall–Kier alpha value is -0.380. The molecule has 0 fully saturated rings. The zero-order chi connectivity index (χ0) is 11.7. The van der Waals surface area contributed by atoms with E-state index in [1.807, 2.05) is 6.92 Å². The molecule has 5 nitrogen and oxygen atoms in total. The predicted molar refractivity (Wildman–Crippen MR) is 59.1 cm³/mol. The van der Waals surface area contributed by atoms with E-state index in [1.54, 1.807) is 13.8 Å². The van der Waals surface area contributed by atoms with Gasteiger partial charge in [-0.2, -0.15) is 0 Å². The van der Waals surface area contributed by atoms with E-state index < -0.39 is 20.2 Å². The lowest BCUT2D eigenvalue weighted by molar-refractivity contribution is -0.144. The van der Waals surface area contributed by atoms with Crippen LogP contribution in [0.2, 0.25) is 0 Å². The fraction of sp³-hybridized carbons (Fsp3) is 0.889. The third-order valence-corrected chi connectivity index (χ3v) is 2.84. The molecule has 0 aliphatic carbocycles. The van der Waals surface area contributed by atoms with Crippen LogP contribution in [0.5, 0.6) is 0 Å². The highest BCUT2D eigenvalue weighted by Crippen LogP contribution is 2.18. The van der Waals surface area contributed by atoms with Crippen molar-refractivity contribution in [3.63, 3.8) is 0 Å². The molecular formula is C9H20NO4P. The molecule has 6 heteroatoms. The largest absolute Gasteiger partial charge is 0.465 e. The van der Waals surface area contributed by atoms with Gasteiger partial charge in [0.25, 0.3) is 8.18 Å². The molecule has 1 N–H and O–H groups in total. The molecule has 0 amide bonds. The average Bonchev–Trinajstić information content (AvgIpc) is 2.18. The summed E-state index contributed by atoms with van der Waals surface area (Å²) >= 11 is 0. The molecule has 0 aromatic heterocycles. The lowest BCUT2D eigenvalue weighted by atomic mass is 10.4. The molecule has 0 rings (SSSR count). The minimum absolute atomic E-state index is 0.322. The normalized spacial score (nSPS) is 14.6. The van der Waals surface area contributed by atoms with Crippen LogP contribution in [0.15, 0.2) is 0 Å². The molecule has 0 spiro atoms. The van der Waals surface area contributed by atoms with Crippen LogP contribution >= 0.6 is 8.18 Å². The van der Waals surface area contributed by atoms with Crippen LogP contribution < -0.4 is 5.09 Å². The Balaban J connectivity index is 3.70. The van der Waals surface area contributed by atoms with Crippen molar-refractivity contribution in [2.24, 2.45) is 0 Å². The second-order valence-corrected chi connectivity index (χ2v) is 4.26. The van der Waals surface area contributed by atoms with E-state index in [-0.39, 0.29) is 0 Å². The molecule has 0 aromatic carbocycles. The highest BCUT2D eigenvalue weighted by Gasteiger charge is 2.15. The number of carbonyl (C=O) groups is 1. The van der Waals surface area contributed by atoms with Crippen LogP contribution in [0.3, 0.4) is 0 Å². The quantitative estimate of drug-likeness (QED) is 0.395. The maximum Gasteiger partial charge on any atom is 0.323 e. The van der Waals surface area contributed by atoms with Gasteiger partial charge in [-0.05, 0) is 20.3 Å². The van der Waals surface area contributed by atoms with Gasteiger partial charge < -0.3 is 9.26 Å². The monoisotopic (exact) mass is 237 g/mol. The Bertz CT molecular complexity index is 210. The smallest absolute Gasteiger partial charge is 0.323 e. The van der Waals surface area contributed by atoms with Gasteiger partial charge in [-0.25, -0.2) is 5.09 Å². The Labute approximate surface area is 91.4 Å². The van der Waals surface area contributed by atoms with Gasteiger partial charge >= 0.3 is 5.97 Å². The molecule has 90 valence electrons. The molecule has 2 atom stereocenters. The van der Waals surface area contributed by atoms with Crippen molar-refractivity contribution in [2.45, 2.75) is 39.7 Å². The molecule has 0 aromatic rings. The van der Waals surface area contributed by atoms with Crippen LogP contribution in [0.1, 0.15) is 33.6 Å². The third-order valence-electron chi connectivity index (χ3n) is 1.71. The average molecular weight is 237 g/mol. The number of hydrogen-bond acceptors (Lipinski definition) is 4. The van der Waals surface area contributed by atoms with Crippen LogP contribution in [0, 0.1) is 0 Å². The van der Waals surface area contributed by atoms with Crippen molar-refractivity contribution in [3.05, 3.63) is 0 Å². The van der Waals surface area contributed by atoms with Crippen molar-refractivity contribution in [1.82, 2.24) is 5.09 Å². The van der Waals surface area contributed by atoms with Gasteiger partial charge in [0.05, 0.1) is 13.2 Å². The fourth-order valence-corrected chi connectivity index (χ4v) is 1.74. The lowest BCUT2D eigenvalue weighted by Crippen LogP contribution is -2.31. The van der Waals surface area contributed by atoms with Gasteiger partial charge in [-0.15, -0.1) is 0 Å². The third kappa shape index (κ3) is 7.54. The number of rotatable bonds is 8. The van der Waals surface area contributed by atoms with Gasteiger partial charge in [0, 0.05) is 0 Å². The second-order valence-electron chi connectivity index (χ2n) is 3.11. The first-order valence-electron chi connectivity index (χ1n) is 5.21. The van der Waals surface area contributed by atoms with Crippen LogP contribution in [-0.4, -0.2) is 25.2 Å². The molecule has 0 heterocycles. The van der Waals surface area contributed by atoms with E-state index in [4.69, 9.17) is 9.26 Å². The van der Waals surface area contributed by atoms with Crippen molar-refractivity contribution < 1.29 is 18.6 Å². The van der Waals surface area contributed by atoms with E-state index in [0.29, 0.717) is 13.2 Å². The summed E-state index contributed by atoms with van der Waals surface area (Å²) < 4.78 is 21.0. The van der Waals surface area contributed by atoms with E-state index in [9.17, 15) is 9.36 Å².